The second kappa shape index (κ2) is 8.93. The number of nitrogens with two attached hydrogens (primary N) is 1. The lowest BCUT2D eigenvalue weighted by Gasteiger charge is -2.32. The van der Waals surface area contributed by atoms with Crippen molar-refractivity contribution in [3.63, 3.8) is 0 Å². The molecule has 1 saturated heterocycles. The van der Waals surface area contributed by atoms with Crippen molar-refractivity contribution in [3.05, 3.63) is 66.4 Å². The first kappa shape index (κ1) is 21.1. The van der Waals surface area contributed by atoms with Gasteiger partial charge < -0.3 is 15.4 Å². The second-order valence-electron chi connectivity index (χ2n) is 7.72. The molecule has 0 radical (unpaired) electrons. The highest BCUT2D eigenvalue weighted by Crippen LogP contribution is 2.29. The summed E-state index contributed by atoms with van der Waals surface area (Å²) in [5, 5.41) is 0. The number of benzene rings is 2. The smallest absolute Gasteiger partial charge is 0.227 e. The summed E-state index contributed by atoms with van der Waals surface area (Å²) in [6.07, 6.45) is 4.44. The van der Waals surface area contributed by atoms with Gasteiger partial charge in [-0.15, -0.1) is 0 Å². The molecule has 4 rings (SSSR count). The Labute approximate surface area is 182 Å². The van der Waals surface area contributed by atoms with E-state index in [-0.39, 0.29) is 15.6 Å². The maximum absolute atomic E-state index is 12.9. The van der Waals surface area contributed by atoms with Crippen LogP contribution in [0.1, 0.15) is 18.4 Å². The molecule has 0 saturated carbocycles. The van der Waals surface area contributed by atoms with Crippen LogP contribution in [0.2, 0.25) is 0 Å². The average molecular weight is 439 g/mol. The van der Waals surface area contributed by atoms with Gasteiger partial charge in [-0.05, 0) is 55.0 Å². The average Bonchev–Trinajstić information content (AvgIpc) is 2.80. The molecule has 1 aliphatic rings. The summed E-state index contributed by atoms with van der Waals surface area (Å²) in [6.45, 7) is 1.64. The quantitative estimate of drug-likeness (QED) is 0.630. The topological polar surface area (TPSA) is 98.4 Å². The van der Waals surface area contributed by atoms with Crippen LogP contribution in [0.5, 0.6) is 5.75 Å². The van der Waals surface area contributed by atoms with Crippen molar-refractivity contribution >= 4 is 21.6 Å². The summed E-state index contributed by atoms with van der Waals surface area (Å²) in [6, 6.07) is 16.7. The lowest BCUT2D eigenvalue weighted by atomic mass is 9.90. The molecule has 0 aliphatic carbocycles. The number of anilines is 2. The van der Waals surface area contributed by atoms with Crippen LogP contribution in [-0.4, -0.2) is 38.6 Å². The zero-order chi connectivity index (χ0) is 21.8. The summed E-state index contributed by atoms with van der Waals surface area (Å²) < 4.78 is 31.0. The van der Waals surface area contributed by atoms with Gasteiger partial charge in [-0.3, -0.25) is 0 Å². The highest BCUT2D eigenvalue weighted by Gasteiger charge is 2.25. The SMILES string of the molecule is COc1ccc(S(=O)(=O)c2cnc(N3CCC(Cc4ccccc4)CC3)nc2N)cc1. The molecule has 0 amide bonds. The number of methoxy groups -OCH3 is 1. The first-order valence-corrected chi connectivity index (χ1v) is 11.8. The summed E-state index contributed by atoms with van der Waals surface area (Å²) in [5.74, 6) is 1.64. The van der Waals surface area contributed by atoms with Gasteiger partial charge in [0.25, 0.3) is 0 Å². The third kappa shape index (κ3) is 4.64. The van der Waals surface area contributed by atoms with Crippen molar-refractivity contribution < 1.29 is 13.2 Å². The predicted molar refractivity (Wildman–Crippen MR) is 120 cm³/mol. The number of aromatic nitrogens is 2. The molecule has 2 aromatic carbocycles. The van der Waals surface area contributed by atoms with Crippen LogP contribution in [0.3, 0.4) is 0 Å². The van der Waals surface area contributed by atoms with Crippen LogP contribution in [0, 0.1) is 5.92 Å². The molecule has 2 heterocycles. The molecule has 0 unspecified atom stereocenters. The molecule has 7 nitrogen and oxygen atoms in total. The lowest BCUT2D eigenvalue weighted by molar-refractivity contribution is 0.400. The molecule has 1 aromatic heterocycles. The Bertz CT molecular complexity index is 1130. The molecular formula is C23H26N4O3S. The molecule has 1 fully saturated rings. The van der Waals surface area contributed by atoms with E-state index in [1.165, 1.54) is 31.0 Å². The standard InChI is InChI=1S/C23H26N4O3S/c1-30-19-7-9-20(10-8-19)31(28,29)21-16-25-23(26-22(21)24)27-13-11-18(12-14-27)15-17-5-3-2-4-6-17/h2-10,16,18H,11-15H2,1H3,(H2,24,25,26). The van der Waals surface area contributed by atoms with E-state index < -0.39 is 9.84 Å². The van der Waals surface area contributed by atoms with Crippen molar-refractivity contribution in [1.29, 1.82) is 0 Å². The Balaban J connectivity index is 1.45. The Kier molecular flexibility index (Phi) is 6.08. The number of hydrogen-bond acceptors (Lipinski definition) is 7. The van der Waals surface area contributed by atoms with Crippen LogP contribution in [-0.2, 0) is 16.3 Å². The molecule has 1 aliphatic heterocycles. The number of hydrogen-bond donors (Lipinski definition) is 1. The minimum absolute atomic E-state index is 0.0350. The van der Waals surface area contributed by atoms with Gasteiger partial charge in [0.2, 0.25) is 15.8 Å². The highest BCUT2D eigenvalue weighted by molar-refractivity contribution is 7.91. The molecule has 3 aromatic rings. The lowest BCUT2D eigenvalue weighted by Crippen LogP contribution is -2.35. The van der Waals surface area contributed by atoms with E-state index in [1.807, 2.05) is 6.07 Å². The molecular weight excluding hydrogens is 412 g/mol. The maximum atomic E-state index is 12.9. The monoisotopic (exact) mass is 438 g/mol. The van der Waals surface area contributed by atoms with Gasteiger partial charge in [0.1, 0.15) is 16.5 Å². The largest absolute Gasteiger partial charge is 0.497 e. The number of rotatable bonds is 6. The van der Waals surface area contributed by atoms with Crippen molar-refractivity contribution in [2.75, 3.05) is 30.8 Å². The number of sulfone groups is 1. The van der Waals surface area contributed by atoms with Gasteiger partial charge in [-0.25, -0.2) is 13.4 Å². The molecule has 8 heteroatoms. The van der Waals surface area contributed by atoms with Gasteiger partial charge in [-0.2, -0.15) is 4.98 Å². The van der Waals surface area contributed by atoms with Crippen LogP contribution >= 0.6 is 0 Å². The van der Waals surface area contributed by atoms with Gasteiger partial charge in [0, 0.05) is 13.1 Å². The number of nitrogen functional groups attached to an aromatic ring is 1. The number of piperidine rings is 1. The minimum atomic E-state index is -3.81. The fourth-order valence-electron chi connectivity index (χ4n) is 3.90. The number of nitrogens with zero attached hydrogens (tertiary/aromatic N) is 3. The van der Waals surface area contributed by atoms with E-state index in [9.17, 15) is 8.42 Å². The molecule has 0 atom stereocenters. The zero-order valence-corrected chi connectivity index (χ0v) is 18.3. The number of ether oxygens (including phenoxy) is 1. The van der Waals surface area contributed by atoms with Crippen molar-refractivity contribution in [2.45, 2.75) is 29.1 Å². The molecule has 0 bridgehead atoms. The van der Waals surface area contributed by atoms with Crippen molar-refractivity contribution in [2.24, 2.45) is 5.92 Å². The molecule has 0 spiro atoms. The molecule has 31 heavy (non-hydrogen) atoms. The van der Waals surface area contributed by atoms with Crippen LogP contribution in [0.4, 0.5) is 11.8 Å². The van der Waals surface area contributed by atoms with Crippen molar-refractivity contribution in [3.8, 4) is 5.75 Å². The zero-order valence-electron chi connectivity index (χ0n) is 17.4. The van der Waals surface area contributed by atoms with Gasteiger partial charge in [-0.1, -0.05) is 30.3 Å². The van der Waals surface area contributed by atoms with Gasteiger partial charge in [0.05, 0.1) is 18.2 Å². The Morgan fingerprint density at radius 3 is 2.35 bits per heavy atom. The highest BCUT2D eigenvalue weighted by atomic mass is 32.2. The van der Waals surface area contributed by atoms with Gasteiger partial charge in [0.15, 0.2) is 0 Å². The molecule has 2 N–H and O–H groups in total. The van der Waals surface area contributed by atoms with E-state index in [1.54, 1.807) is 12.1 Å². The van der Waals surface area contributed by atoms with Gasteiger partial charge >= 0.3 is 0 Å². The third-order valence-electron chi connectivity index (χ3n) is 5.69. The second-order valence-corrected chi connectivity index (χ2v) is 9.64. The summed E-state index contributed by atoms with van der Waals surface area (Å²) in [5.41, 5.74) is 7.41. The minimum Gasteiger partial charge on any atom is -0.497 e. The van der Waals surface area contributed by atoms with E-state index in [2.05, 4.69) is 39.1 Å². The summed E-state index contributed by atoms with van der Waals surface area (Å²) in [7, 11) is -2.28. The summed E-state index contributed by atoms with van der Waals surface area (Å²) >= 11 is 0. The third-order valence-corrected chi connectivity index (χ3v) is 7.48. The van der Waals surface area contributed by atoms with E-state index in [0.29, 0.717) is 17.6 Å². The van der Waals surface area contributed by atoms with Crippen LogP contribution in [0.15, 0.2) is 70.6 Å². The van der Waals surface area contributed by atoms with Crippen LogP contribution in [0.25, 0.3) is 0 Å². The maximum Gasteiger partial charge on any atom is 0.227 e. The van der Waals surface area contributed by atoms with Crippen LogP contribution < -0.4 is 15.4 Å². The fourth-order valence-corrected chi connectivity index (χ4v) is 5.16. The normalized spacial score (nSPS) is 15.1. The van der Waals surface area contributed by atoms with E-state index in [0.717, 1.165) is 32.4 Å². The Morgan fingerprint density at radius 2 is 1.74 bits per heavy atom. The van der Waals surface area contributed by atoms with E-state index in [4.69, 9.17) is 10.5 Å². The first-order valence-electron chi connectivity index (χ1n) is 10.3. The Morgan fingerprint density at radius 1 is 1.06 bits per heavy atom. The fraction of sp³-hybridized carbons (Fsp3) is 0.304. The van der Waals surface area contributed by atoms with E-state index >= 15 is 0 Å². The summed E-state index contributed by atoms with van der Waals surface area (Å²) in [4.78, 5) is 10.8. The Hall–Kier alpha value is -3.13. The first-order chi connectivity index (χ1) is 15.0. The predicted octanol–water partition coefficient (Wildman–Crippen LogP) is 3.36. The molecule has 162 valence electrons. The van der Waals surface area contributed by atoms with Crippen molar-refractivity contribution in [1.82, 2.24) is 9.97 Å².